The molecule has 0 amide bonds. The van der Waals surface area contributed by atoms with Crippen molar-refractivity contribution in [1.29, 1.82) is 0 Å². The van der Waals surface area contributed by atoms with Gasteiger partial charge < -0.3 is 4.74 Å². The van der Waals surface area contributed by atoms with Gasteiger partial charge in [-0.15, -0.1) is 0 Å². The molecule has 1 aromatic rings. The Hall–Kier alpha value is -1.38. The second-order valence-electron chi connectivity index (χ2n) is 5.06. The predicted octanol–water partition coefficient (Wildman–Crippen LogP) is 4.61. The summed E-state index contributed by atoms with van der Waals surface area (Å²) in [5.41, 5.74) is 1.72. The summed E-state index contributed by atoms with van der Waals surface area (Å²) in [4.78, 5) is 11.2. The highest BCUT2D eigenvalue weighted by Crippen LogP contribution is 2.25. The number of ketones is 1. The minimum Gasteiger partial charge on any atom is -0.491 e. The van der Waals surface area contributed by atoms with Crippen molar-refractivity contribution in [3.63, 3.8) is 0 Å². The summed E-state index contributed by atoms with van der Waals surface area (Å²) < 4.78 is 19.5. The molecule has 3 heteroatoms. The summed E-state index contributed by atoms with van der Waals surface area (Å²) in [6.07, 6.45) is 4.74. The number of rotatable bonds is 9. The monoisotopic (exact) mass is 280 g/mol. The molecule has 2 nitrogen and oxygen atoms in total. The van der Waals surface area contributed by atoms with Crippen LogP contribution >= 0.6 is 0 Å². The van der Waals surface area contributed by atoms with E-state index in [1.165, 1.54) is 0 Å². The number of benzene rings is 1. The van der Waals surface area contributed by atoms with Crippen molar-refractivity contribution in [3.8, 4) is 5.75 Å². The molecule has 0 aliphatic rings. The molecule has 0 spiro atoms. The molecule has 0 saturated carbocycles. The van der Waals surface area contributed by atoms with E-state index in [9.17, 15) is 9.18 Å². The molecule has 0 bridgehead atoms. The van der Waals surface area contributed by atoms with E-state index in [-0.39, 0.29) is 5.82 Å². The summed E-state index contributed by atoms with van der Waals surface area (Å²) in [6, 6.07) is 3.60. The first-order valence-corrected chi connectivity index (χ1v) is 7.52. The summed E-state index contributed by atoms with van der Waals surface area (Å²) in [6.45, 7) is 6.14. The molecule has 20 heavy (non-hydrogen) atoms. The van der Waals surface area contributed by atoms with Gasteiger partial charge in [0.1, 0.15) is 5.78 Å². The third-order valence-corrected chi connectivity index (χ3v) is 3.52. The van der Waals surface area contributed by atoms with E-state index in [0.29, 0.717) is 37.4 Å². The summed E-state index contributed by atoms with van der Waals surface area (Å²) in [5, 5.41) is 0. The number of unbranched alkanes of at least 4 members (excludes halogenated alkanes) is 2. The van der Waals surface area contributed by atoms with Gasteiger partial charge in [-0.3, -0.25) is 4.79 Å². The van der Waals surface area contributed by atoms with Crippen LogP contribution in [0.1, 0.15) is 57.1 Å². The van der Waals surface area contributed by atoms with Crippen LogP contribution in [0.25, 0.3) is 0 Å². The van der Waals surface area contributed by atoms with Crippen molar-refractivity contribution in [1.82, 2.24) is 0 Å². The number of hydrogen-bond acceptors (Lipinski definition) is 2. The molecule has 0 aliphatic carbocycles. The van der Waals surface area contributed by atoms with Crippen LogP contribution in [0.15, 0.2) is 12.1 Å². The Morgan fingerprint density at radius 2 is 1.95 bits per heavy atom. The van der Waals surface area contributed by atoms with Gasteiger partial charge in [0.15, 0.2) is 11.6 Å². The van der Waals surface area contributed by atoms with Crippen LogP contribution in [0.2, 0.25) is 0 Å². The molecular formula is C17H25FO2. The van der Waals surface area contributed by atoms with Crippen LogP contribution in [0.4, 0.5) is 4.39 Å². The van der Waals surface area contributed by atoms with E-state index in [4.69, 9.17) is 4.74 Å². The zero-order valence-corrected chi connectivity index (χ0v) is 12.8. The highest BCUT2D eigenvalue weighted by atomic mass is 19.1. The number of Topliss-reactive ketones (excluding diaryl/α,β-unsaturated/α-hetero) is 1. The average molecular weight is 280 g/mol. The van der Waals surface area contributed by atoms with Gasteiger partial charge in [0.25, 0.3) is 0 Å². The fourth-order valence-electron chi connectivity index (χ4n) is 2.25. The van der Waals surface area contributed by atoms with E-state index >= 15 is 0 Å². The Morgan fingerprint density at radius 3 is 2.60 bits per heavy atom. The van der Waals surface area contributed by atoms with Crippen molar-refractivity contribution in [2.75, 3.05) is 6.61 Å². The number of carbonyl (C=O) groups excluding carboxylic acids is 1. The molecule has 0 fully saturated rings. The molecule has 0 atom stereocenters. The second-order valence-corrected chi connectivity index (χ2v) is 5.06. The van der Waals surface area contributed by atoms with Gasteiger partial charge in [-0.1, -0.05) is 19.4 Å². The summed E-state index contributed by atoms with van der Waals surface area (Å²) in [7, 11) is 0. The standard InChI is InChI=1S/C17H25FO2/c1-4-14(19)9-7-6-8-10-15-13(3)11-12-16(17(15)18)20-5-2/h11-12H,4-10H2,1-3H3. The number of halogens is 1. The highest BCUT2D eigenvalue weighted by Gasteiger charge is 2.11. The zero-order valence-electron chi connectivity index (χ0n) is 12.8. The van der Waals surface area contributed by atoms with Crippen molar-refractivity contribution in [2.24, 2.45) is 0 Å². The van der Waals surface area contributed by atoms with Gasteiger partial charge in [0, 0.05) is 12.8 Å². The minimum atomic E-state index is -0.225. The molecule has 0 unspecified atom stereocenters. The van der Waals surface area contributed by atoms with Crippen molar-refractivity contribution >= 4 is 5.78 Å². The van der Waals surface area contributed by atoms with Gasteiger partial charge in [-0.05, 0) is 50.3 Å². The fourth-order valence-corrected chi connectivity index (χ4v) is 2.25. The Balaban J connectivity index is 2.50. The lowest BCUT2D eigenvalue weighted by Gasteiger charge is -2.11. The van der Waals surface area contributed by atoms with Crippen LogP contribution in [0, 0.1) is 12.7 Å². The van der Waals surface area contributed by atoms with Gasteiger partial charge in [0.05, 0.1) is 6.61 Å². The molecular weight excluding hydrogens is 255 g/mol. The van der Waals surface area contributed by atoms with Gasteiger partial charge in [-0.2, -0.15) is 0 Å². The lowest BCUT2D eigenvalue weighted by molar-refractivity contribution is -0.118. The third-order valence-electron chi connectivity index (χ3n) is 3.52. The molecule has 0 N–H and O–H groups in total. The number of ether oxygens (including phenoxy) is 1. The maximum absolute atomic E-state index is 14.2. The Labute approximate surface area is 121 Å². The fraction of sp³-hybridized carbons (Fsp3) is 0.588. The van der Waals surface area contributed by atoms with Gasteiger partial charge in [-0.25, -0.2) is 4.39 Å². The highest BCUT2D eigenvalue weighted by molar-refractivity contribution is 5.77. The lowest BCUT2D eigenvalue weighted by Crippen LogP contribution is -2.01. The van der Waals surface area contributed by atoms with Gasteiger partial charge >= 0.3 is 0 Å². The van der Waals surface area contributed by atoms with Crippen LogP contribution in [0.5, 0.6) is 5.75 Å². The number of hydrogen-bond donors (Lipinski definition) is 0. The van der Waals surface area contributed by atoms with Gasteiger partial charge in [0.2, 0.25) is 0 Å². The first-order valence-electron chi connectivity index (χ1n) is 7.52. The Bertz CT molecular complexity index is 441. The first kappa shape index (κ1) is 16.7. The Kier molecular flexibility index (Phi) is 7.27. The largest absolute Gasteiger partial charge is 0.491 e. The van der Waals surface area contributed by atoms with E-state index < -0.39 is 0 Å². The van der Waals surface area contributed by atoms with Crippen molar-refractivity contribution in [2.45, 2.75) is 59.3 Å². The van der Waals surface area contributed by atoms with Crippen molar-refractivity contribution < 1.29 is 13.9 Å². The van der Waals surface area contributed by atoms with E-state index in [0.717, 1.165) is 30.4 Å². The van der Waals surface area contributed by atoms with Crippen LogP contribution in [-0.2, 0) is 11.2 Å². The van der Waals surface area contributed by atoms with Crippen molar-refractivity contribution in [3.05, 3.63) is 29.1 Å². The van der Waals surface area contributed by atoms with Crippen LogP contribution in [0.3, 0.4) is 0 Å². The number of aryl methyl sites for hydroxylation is 1. The molecule has 0 aliphatic heterocycles. The van der Waals surface area contributed by atoms with Crippen LogP contribution in [-0.4, -0.2) is 12.4 Å². The normalized spacial score (nSPS) is 10.6. The van der Waals surface area contributed by atoms with E-state index in [2.05, 4.69) is 0 Å². The lowest BCUT2D eigenvalue weighted by atomic mass is 10.00. The molecule has 1 aromatic carbocycles. The first-order chi connectivity index (χ1) is 9.60. The summed E-state index contributed by atoms with van der Waals surface area (Å²) >= 11 is 0. The quantitative estimate of drug-likeness (QED) is 0.617. The zero-order chi connectivity index (χ0) is 15.0. The molecule has 0 radical (unpaired) electrons. The molecule has 0 aromatic heterocycles. The maximum atomic E-state index is 14.2. The van der Waals surface area contributed by atoms with E-state index in [1.807, 2.05) is 26.8 Å². The topological polar surface area (TPSA) is 26.3 Å². The third kappa shape index (κ3) is 4.95. The average Bonchev–Trinajstić information content (AvgIpc) is 2.44. The Morgan fingerprint density at radius 1 is 1.20 bits per heavy atom. The number of carbonyl (C=O) groups is 1. The maximum Gasteiger partial charge on any atom is 0.168 e. The smallest absolute Gasteiger partial charge is 0.168 e. The SMILES string of the molecule is CCOc1ccc(C)c(CCCCCC(=O)CC)c1F. The summed E-state index contributed by atoms with van der Waals surface area (Å²) in [5.74, 6) is 0.427. The molecule has 112 valence electrons. The van der Waals surface area contributed by atoms with Crippen LogP contribution < -0.4 is 4.74 Å². The minimum absolute atomic E-state index is 0.225. The predicted molar refractivity (Wildman–Crippen MR) is 79.8 cm³/mol. The van der Waals surface area contributed by atoms with E-state index in [1.54, 1.807) is 6.07 Å². The molecule has 1 rings (SSSR count). The molecule has 0 saturated heterocycles. The molecule has 0 heterocycles. The second kappa shape index (κ2) is 8.72.